The summed E-state index contributed by atoms with van der Waals surface area (Å²) in [5.74, 6) is -1.71. The zero-order chi connectivity index (χ0) is 29.5. The third-order valence-corrected chi connectivity index (χ3v) is 7.69. The van der Waals surface area contributed by atoms with Gasteiger partial charge in [-0.05, 0) is 62.4 Å². The molecule has 0 saturated heterocycles. The number of aryl methyl sites for hydroxylation is 1. The number of aromatic nitrogens is 1. The minimum absolute atomic E-state index is 0.254. The molecule has 0 radical (unpaired) electrons. The SMILES string of the molecule is Cc1ccc(C(=O)C(C)OC(=O)c2cc(-c3ccc(N4C(=O)c5ccccc5C4=O)cc3)nc3ccc(Br)cc23)cc1. The number of pyridine rings is 1. The van der Waals surface area contributed by atoms with E-state index in [4.69, 9.17) is 9.72 Å². The van der Waals surface area contributed by atoms with Crippen LogP contribution in [0.4, 0.5) is 5.69 Å². The highest BCUT2D eigenvalue weighted by Gasteiger charge is 2.36. The summed E-state index contributed by atoms with van der Waals surface area (Å²) in [5.41, 5.74) is 4.61. The van der Waals surface area contributed by atoms with Gasteiger partial charge in [-0.2, -0.15) is 0 Å². The first-order valence-corrected chi connectivity index (χ1v) is 14.0. The molecule has 5 aromatic rings. The first-order chi connectivity index (χ1) is 20.2. The topological polar surface area (TPSA) is 93.6 Å². The summed E-state index contributed by atoms with van der Waals surface area (Å²) < 4.78 is 6.41. The molecule has 6 rings (SSSR count). The Morgan fingerprint density at radius 2 is 1.48 bits per heavy atom. The van der Waals surface area contributed by atoms with Crippen molar-refractivity contribution >= 4 is 56.1 Å². The van der Waals surface area contributed by atoms with E-state index in [1.807, 2.05) is 25.1 Å². The highest BCUT2D eigenvalue weighted by molar-refractivity contribution is 9.10. The van der Waals surface area contributed by atoms with Gasteiger partial charge in [0.1, 0.15) is 0 Å². The van der Waals surface area contributed by atoms with E-state index in [0.29, 0.717) is 44.5 Å². The average molecular weight is 619 g/mol. The van der Waals surface area contributed by atoms with Crippen LogP contribution in [0.25, 0.3) is 22.2 Å². The van der Waals surface area contributed by atoms with E-state index < -0.39 is 12.1 Å². The molecule has 42 heavy (non-hydrogen) atoms. The molecule has 0 fully saturated rings. The first kappa shape index (κ1) is 27.2. The average Bonchev–Trinajstić information content (AvgIpc) is 3.26. The number of amides is 2. The number of anilines is 1. The van der Waals surface area contributed by atoms with Crippen LogP contribution in [0.1, 0.15) is 53.9 Å². The van der Waals surface area contributed by atoms with Gasteiger partial charge in [0, 0.05) is 21.0 Å². The predicted octanol–water partition coefficient (Wildman–Crippen LogP) is 7.20. The van der Waals surface area contributed by atoms with Crippen molar-refractivity contribution in [2.75, 3.05) is 4.90 Å². The Morgan fingerprint density at radius 1 is 0.833 bits per heavy atom. The van der Waals surface area contributed by atoms with Gasteiger partial charge in [0.2, 0.25) is 5.78 Å². The zero-order valence-electron chi connectivity index (χ0n) is 22.6. The van der Waals surface area contributed by atoms with Crippen molar-refractivity contribution in [1.82, 2.24) is 4.98 Å². The number of fused-ring (bicyclic) bond motifs is 2. The number of benzene rings is 4. The van der Waals surface area contributed by atoms with Gasteiger partial charge >= 0.3 is 5.97 Å². The van der Waals surface area contributed by atoms with E-state index in [1.165, 1.54) is 0 Å². The summed E-state index contributed by atoms with van der Waals surface area (Å²) >= 11 is 3.46. The lowest BCUT2D eigenvalue weighted by Crippen LogP contribution is -2.29. The minimum atomic E-state index is -1.00. The van der Waals surface area contributed by atoms with Crippen molar-refractivity contribution in [2.45, 2.75) is 20.0 Å². The predicted molar refractivity (Wildman–Crippen MR) is 163 cm³/mol. The van der Waals surface area contributed by atoms with Gasteiger partial charge in [-0.1, -0.05) is 70.0 Å². The molecule has 0 saturated carbocycles. The molecule has 1 aliphatic rings. The summed E-state index contributed by atoms with van der Waals surface area (Å²) in [6.07, 6.45) is -1.00. The molecule has 1 aliphatic heterocycles. The van der Waals surface area contributed by atoms with Crippen LogP contribution in [0.15, 0.2) is 102 Å². The van der Waals surface area contributed by atoms with Crippen LogP contribution >= 0.6 is 15.9 Å². The number of esters is 1. The molecule has 7 nitrogen and oxygen atoms in total. The molecule has 206 valence electrons. The van der Waals surface area contributed by atoms with E-state index in [9.17, 15) is 19.2 Å². The summed E-state index contributed by atoms with van der Waals surface area (Å²) in [5, 5.41) is 0.566. The molecule has 1 atom stereocenters. The zero-order valence-corrected chi connectivity index (χ0v) is 24.2. The highest BCUT2D eigenvalue weighted by atomic mass is 79.9. The van der Waals surface area contributed by atoms with Crippen molar-refractivity contribution in [3.63, 3.8) is 0 Å². The lowest BCUT2D eigenvalue weighted by molar-refractivity contribution is 0.0320. The molecule has 1 aromatic heterocycles. The summed E-state index contributed by atoms with van der Waals surface area (Å²) in [7, 11) is 0. The Labute approximate surface area is 249 Å². The van der Waals surface area contributed by atoms with E-state index in [0.717, 1.165) is 14.9 Å². The van der Waals surface area contributed by atoms with Crippen molar-refractivity contribution in [3.05, 3.63) is 129 Å². The van der Waals surface area contributed by atoms with Crippen molar-refractivity contribution in [1.29, 1.82) is 0 Å². The van der Waals surface area contributed by atoms with E-state index >= 15 is 0 Å². The summed E-state index contributed by atoms with van der Waals surface area (Å²) in [6.45, 7) is 3.48. The lowest BCUT2D eigenvalue weighted by Gasteiger charge is -2.16. The number of imide groups is 1. The standard InChI is InChI=1S/C34H23BrN2O5/c1-19-7-9-22(10-8-19)31(38)20(2)42-34(41)28-18-30(36-29-16-13-23(35)17-27(28)29)21-11-14-24(15-12-21)37-32(39)25-5-3-4-6-26(25)33(37)40/h3-18,20H,1-2H3. The van der Waals surface area contributed by atoms with Gasteiger partial charge in [-0.25, -0.2) is 14.7 Å². The van der Waals surface area contributed by atoms with Gasteiger partial charge in [-0.3, -0.25) is 14.4 Å². The minimum Gasteiger partial charge on any atom is -0.451 e. The molecule has 8 heteroatoms. The number of carbonyl (C=O) groups is 4. The molecular formula is C34H23BrN2O5. The van der Waals surface area contributed by atoms with Crippen LogP contribution in [-0.4, -0.2) is 34.7 Å². The van der Waals surface area contributed by atoms with Crippen molar-refractivity contribution in [3.8, 4) is 11.3 Å². The van der Waals surface area contributed by atoms with Crippen LogP contribution in [0.3, 0.4) is 0 Å². The Balaban J connectivity index is 1.31. The number of hydrogen-bond donors (Lipinski definition) is 0. The number of ether oxygens (including phenoxy) is 1. The van der Waals surface area contributed by atoms with Crippen LogP contribution in [0.2, 0.25) is 0 Å². The second kappa shape index (κ2) is 10.8. The molecular weight excluding hydrogens is 596 g/mol. The van der Waals surface area contributed by atoms with E-state index in [1.54, 1.807) is 85.8 Å². The maximum absolute atomic E-state index is 13.5. The van der Waals surface area contributed by atoms with Gasteiger partial charge in [-0.15, -0.1) is 0 Å². The number of ketones is 1. The molecule has 2 heterocycles. The van der Waals surface area contributed by atoms with Gasteiger partial charge in [0.05, 0.1) is 33.6 Å². The fraction of sp³-hybridized carbons (Fsp3) is 0.0882. The smallest absolute Gasteiger partial charge is 0.339 e. The Hall–Kier alpha value is -4.95. The maximum atomic E-state index is 13.5. The summed E-state index contributed by atoms with van der Waals surface area (Å²) in [6, 6.07) is 27.6. The number of nitrogens with zero attached hydrogens (tertiary/aromatic N) is 2. The monoisotopic (exact) mass is 618 g/mol. The maximum Gasteiger partial charge on any atom is 0.339 e. The van der Waals surface area contributed by atoms with Crippen molar-refractivity contribution in [2.24, 2.45) is 0 Å². The molecule has 0 N–H and O–H groups in total. The summed E-state index contributed by atoms with van der Waals surface area (Å²) in [4.78, 5) is 58.1. The third-order valence-electron chi connectivity index (χ3n) is 7.20. The lowest BCUT2D eigenvalue weighted by atomic mass is 10.0. The first-order valence-electron chi connectivity index (χ1n) is 13.2. The molecule has 0 bridgehead atoms. The Morgan fingerprint density at radius 3 is 2.12 bits per heavy atom. The van der Waals surface area contributed by atoms with E-state index in [-0.39, 0.29) is 23.2 Å². The number of halogens is 1. The van der Waals surface area contributed by atoms with Crippen molar-refractivity contribution < 1.29 is 23.9 Å². The fourth-order valence-corrected chi connectivity index (χ4v) is 5.31. The quantitative estimate of drug-likeness (QED) is 0.113. The van der Waals surface area contributed by atoms with Gasteiger partial charge in [0.25, 0.3) is 11.8 Å². The van der Waals surface area contributed by atoms with Gasteiger partial charge in [0.15, 0.2) is 6.10 Å². The normalized spacial score (nSPS) is 13.3. The molecule has 1 unspecified atom stereocenters. The molecule has 0 spiro atoms. The second-order valence-corrected chi connectivity index (χ2v) is 10.9. The number of hydrogen-bond acceptors (Lipinski definition) is 6. The molecule has 2 amide bonds. The largest absolute Gasteiger partial charge is 0.451 e. The number of rotatable bonds is 6. The molecule has 0 aliphatic carbocycles. The highest BCUT2D eigenvalue weighted by Crippen LogP contribution is 2.32. The fourth-order valence-electron chi connectivity index (χ4n) is 4.95. The number of Topliss-reactive ketones (excluding diaryl/α,β-unsaturated/α-hetero) is 1. The third kappa shape index (κ3) is 4.90. The van der Waals surface area contributed by atoms with E-state index in [2.05, 4.69) is 15.9 Å². The Bertz CT molecular complexity index is 1880. The van der Waals surface area contributed by atoms with Gasteiger partial charge < -0.3 is 4.74 Å². The van der Waals surface area contributed by atoms with Crippen LogP contribution in [0.5, 0.6) is 0 Å². The van der Waals surface area contributed by atoms with Crippen LogP contribution < -0.4 is 4.90 Å². The Kier molecular flexibility index (Phi) is 7.00. The second-order valence-electron chi connectivity index (χ2n) is 10.0. The molecule has 4 aromatic carbocycles. The van der Waals surface area contributed by atoms with Crippen LogP contribution in [-0.2, 0) is 4.74 Å². The number of carbonyl (C=O) groups excluding carboxylic acids is 4. The van der Waals surface area contributed by atoms with Crippen LogP contribution in [0, 0.1) is 6.92 Å².